The molecule has 0 aromatic heterocycles. The Kier molecular flexibility index (Phi) is 5.33. The van der Waals surface area contributed by atoms with Gasteiger partial charge >= 0.3 is 5.97 Å². The number of benzene rings is 2. The highest BCUT2D eigenvalue weighted by atomic mass is 16.7. The highest BCUT2D eigenvalue weighted by molar-refractivity contribution is 5.69. The van der Waals surface area contributed by atoms with Gasteiger partial charge in [-0.05, 0) is 35.2 Å². The first-order valence-electron chi connectivity index (χ1n) is 7.98. The summed E-state index contributed by atoms with van der Waals surface area (Å²) >= 11 is 0. The molecule has 0 fully saturated rings. The number of esters is 1. The van der Waals surface area contributed by atoms with Crippen LogP contribution < -0.4 is 14.8 Å². The van der Waals surface area contributed by atoms with E-state index in [1.807, 2.05) is 30.3 Å². The lowest BCUT2D eigenvalue weighted by Crippen LogP contribution is -2.12. The van der Waals surface area contributed by atoms with E-state index in [1.54, 1.807) is 0 Å². The minimum atomic E-state index is -0.179. The van der Waals surface area contributed by atoms with E-state index in [4.69, 9.17) is 9.47 Å². The molecule has 0 spiro atoms. The van der Waals surface area contributed by atoms with E-state index in [2.05, 4.69) is 22.2 Å². The van der Waals surface area contributed by atoms with Gasteiger partial charge < -0.3 is 19.5 Å². The lowest BCUT2D eigenvalue weighted by Gasteiger charge is -2.08. The van der Waals surface area contributed by atoms with Gasteiger partial charge in [-0.3, -0.25) is 4.79 Å². The largest absolute Gasteiger partial charge is 0.469 e. The van der Waals surface area contributed by atoms with Crippen LogP contribution in [-0.4, -0.2) is 19.9 Å². The molecule has 0 amide bonds. The standard InChI is InChI=1S/C19H21NO4/c1-22-19(21)8-6-14-3-2-4-15(9-14)11-20-12-16-5-7-17-18(10-16)24-13-23-17/h2-5,7,9-10,20H,6,8,11-13H2,1H3. The van der Waals surface area contributed by atoms with Crippen LogP contribution in [0.1, 0.15) is 23.1 Å². The van der Waals surface area contributed by atoms with Crippen molar-refractivity contribution in [3.63, 3.8) is 0 Å². The minimum Gasteiger partial charge on any atom is -0.469 e. The Morgan fingerprint density at radius 3 is 2.62 bits per heavy atom. The van der Waals surface area contributed by atoms with Crippen LogP contribution in [-0.2, 0) is 29.0 Å². The van der Waals surface area contributed by atoms with Crippen LogP contribution in [0.2, 0.25) is 0 Å². The number of aryl methyl sites for hydroxylation is 1. The van der Waals surface area contributed by atoms with Crippen LogP contribution >= 0.6 is 0 Å². The molecule has 0 radical (unpaired) electrons. The normalized spacial score (nSPS) is 12.2. The molecule has 1 N–H and O–H groups in total. The van der Waals surface area contributed by atoms with Crippen molar-refractivity contribution in [1.29, 1.82) is 0 Å². The average molecular weight is 327 g/mol. The molecule has 2 aromatic carbocycles. The molecule has 0 saturated heterocycles. The average Bonchev–Trinajstić information content (AvgIpc) is 3.08. The highest BCUT2D eigenvalue weighted by Crippen LogP contribution is 2.32. The number of methoxy groups -OCH3 is 1. The Labute approximate surface area is 141 Å². The van der Waals surface area contributed by atoms with Crippen LogP contribution in [0.5, 0.6) is 11.5 Å². The molecule has 5 heteroatoms. The van der Waals surface area contributed by atoms with Crippen molar-refractivity contribution in [2.75, 3.05) is 13.9 Å². The molecule has 24 heavy (non-hydrogen) atoms. The zero-order valence-electron chi connectivity index (χ0n) is 13.7. The Hall–Kier alpha value is -2.53. The summed E-state index contributed by atoms with van der Waals surface area (Å²) < 4.78 is 15.4. The molecule has 2 aromatic rings. The maximum Gasteiger partial charge on any atom is 0.305 e. The van der Waals surface area contributed by atoms with Crippen LogP contribution in [0.4, 0.5) is 0 Å². The maximum absolute atomic E-state index is 11.2. The van der Waals surface area contributed by atoms with Gasteiger partial charge in [0.25, 0.3) is 0 Å². The summed E-state index contributed by atoms with van der Waals surface area (Å²) in [6.45, 7) is 1.81. The molecule has 0 atom stereocenters. The topological polar surface area (TPSA) is 56.8 Å². The van der Waals surface area contributed by atoms with Gasteiger partial charge in [0.15, 0.2) is 11.5 Å². The molecule has 5 nitrogen and oxygen atoms in total. The van der Waals surface area contributed by atoms with Crippen LogP contribution in [0.3, 0.4) is 0 Å². The number of ether oxygens (including phenoxy) is 3. The summed E-state index contributed by atoms with van der Waals surface area (Å²) in [5.41, 5.74) is 3.49. The van der Waals surface area contributed by atoms with E-state index >= 15 is 0 Å². The van der Waals surface area contributed by atoms with E-state index in [1.165, 1.54) is 12.7 Å². The quantitative estimate of drug-likeness (QED) is 0.793. The number of nitrogens with one attached hydrogen (secondary N) is 1. The van der Waals surface area contributed by atoms with Crippen molar-refractivity contribution in [1.82, 2.24) is 5.32 Å². The SMILES string of the molecule is COC(=O)CCc1cccc(CNCc2ccc3c(c2)OCO3)c1. The number of fused-ring (bicyclic) bond motifs is 1. The lowest BCUT2D eigenvalue weighted by molar-refractivity contribution is -0.140. The second-order valence-electron chi connectivity index (χ2n) is 5.69. The van der Waals surface area contributed by atoms with Crippen molar-refractivity contribution >= 4 is 5.97 Å². The monoisotopic (exact) mass is 327 g/mol. The lowest BCUT2D eigenvalue weighted by atomic mass is 10.1. The number of carbonyl (C=O) groups is 1. The zero-order valence-corrected chi connectivity index (χ0v) is 13.7. The van der Waals surface area contributed by atoms with Gasteiger partial charge in [0, 0.05) is 19.5 Å². The predicted octanol–water partition coefficient (Wildman–Crippen LogP) is 2.81. The fraction of sp³-hybridized carbons (Fsp3) is 0.316. The molecular formula is C19H21NO4. The third kappa shape index (κ3) is 4.26. The van der Waals surface area contributed by atoms with Gasteiger partial charge in [0.1, 0.15) is 0 Å². The fourth-order valence-electron chi connectivity index (χ4n) is 2.65. The maximum atomic E-state index is 11.2. The Balaban J connectivity index is 1.50. The third-order valence-electron chi connectivity index (χ3n) is 3.93. The smallest absolute Gasteiger partial charge is 0.305 e. The van der Waals surface area contributed by atoms with Crippen LogP contribution in [0.25, 0.3) is 0 Å². The van der Waals surface area contributed by atoms with Crippen molar-refractivity contribution in [3.8, 4) is 11.5 Å². The molecule has 0 saturated carbocycles. The Morgan fingerprint density at radius 1 is 1.04 bits per heavy atom. The van der Waals surface area contributed by atoms with E-state index < -0.39 is 0 Å². The molecule has 1 aliphatic heterocycles. The highest BCUT2D eigenvalue weighted by Gasteiger charge is 2.12. The summed E-state index contributed by atoms with van der Waals surface area (Å²) in [7, 11) is 1.42. The minimum absolute atomic E-state index is 0.179. The second-order valence-corrected chi connectivity index (χ2v) is 5.69. The first-order valence-corrected chi connectivity index (χ1v) is 7.98. The molecule has 0 bridgehead atoms. The van der Waals surface area contributed by atoms with Gasteiger partial charge in [-0.15, -0.1) is 0 Å². The van der Waals surface area contributed by atoms with E-state index in [0.29, 0.717) is 19.6 Å². The molecule has 3 rings (SSSR count). The van der Waals surface area contributed by atoms with E-state index in [0.717, 1.165) is 35.7 Å². The summed E-state index contributed by atoms with van der Waals surface area (Å²) in [5, 5.41) is 3.42. The van der Waals surface area contributed by atoms with Gasteiger partial charge in [-0.2, -0.15) is 0 Å². The number of rotatable bonds is 7. The van der Waals surface area contributed by atoms with Gasteiger partial charge in [0.05, 0.1) is 7.11 Å². The van der Waals surface area contributed by atoms with Gasteiger partial charge in [-0.25, -0.2) is 0 Å². The number of hydrogen-bond donors (Lipinski definition) is 1. The first kappa shape index (κ1) is 16.3. The van der Waals surface area contributed by atoms with Crippen LogP contribution in [0.15, 0.2) is 42.5 Å². The predicted molar refractivity (Wildman–Crippen MR) is 89.9 cm³/mol. The zero-order chi connectivity index (χ0) is 16.8. The molecular weight excluding hydrogens is 306 g/mol. The molecule has 1 aliphatic rings. The molecule has 0 unspecified atom stereocenters. The molecule has 126 valence electrons. The van der Waals surface area contributed by atoms with Crippen molar-refractivity contribution in [2.24, 2.45) is 0 Å². The van der Waals surface area contributed by atoms with E-state index in [9.17, 15) is 4.79 Å². The summed E-state index contributed by atoms with van der Waals surface area (Å²) in [6, 6.07) is 14.2. The first-order chi connectivity index (χ1) is 11.7. The van der Waals surface area contributed by atoms with Crippen LogP contribution in [0, 0.1) is 0 Å². The van der Waals surface area contributed by atoms with Crippen molar-refractivity contribution in [2.45, 2.75) is 25.9 Å². The second kappa shape index (κ2) is 7.84. The number of carbonyl (C=O) groups excluding carboxylic acids is 1. The van der Waals surface area contributed by atoms with Crippen molar-refractivity contribution in [3.05, 3.63) is 59.2 Å². The third-order valence-corrected chi connectivity index (χ3v) is 3.93. The Bertz CT molecular complexity index is 714. The Morgan fingerprint density at radius 2 is 1.79 bits per heavy atom. The van der Waals surface area contributed by atoms with E-state index in [-0.39, 0.29) is 5.97 Å². The summed E-state index contributed by atoms with van der Waals surface area (Å²) in [5.74, 6) is 1.43. The van der Waals surface area contributed by atoms with Gasteiger partial charge in [-0.1, -0.05) is 30.3 Å². The summed E-state index contributed by atoms with van der Waals surface area (Å²) in [4.78, 5) is 11.2. The molecule has 0 aliphatic carbocycles. The molecule has 1 heterocycles. The number of hydrogen-bond acceptors (Lipinski definition) is 5. The van der Waals surface area contributed by atoms with Crippen molar-refractivity contribution < 1.29 is 19.0 Å². The van der Waals surface area contributed by atoms with Gasteiger partial charge in [0.2, 0.25) is 6.79 Å². The fourth-order valence-corrected chi connectivity index (χ4v) is 2.65. The summed E-state index contributed by atoms with van der Waals surface area (Å²) in [6.07, 6.45) is 1.10.